The molecule has 0 spiro atoms. The van der Waals surface area contributed by atoms with Crippen LogP contribution < -0.4 is 10.2 Å². The Morgan fingerprint density at radius 3 is 2.45 bits per heavy atom. The molecule has 0 unspecified atom stereocenters. The molecular formula is C23H22Cl2N4O4. The maximum absolute atomic E-state index is 13.0. The number of nitrogens with zero attached hydrogens (tertiary/aromatic N) is 3. The van der Waals surface area contributed by atoms with Crippen molar-refractivity contribution in [2.75, 3.05) is 50.7 Å². The molecule has 0 saturated carbocycles. The van der Waals surface area contributed by atoms with E-state index in [1.165, 1.54) is 13.3 Å². The number of hydrogen-bond donors (Lipinski definition) is 1. The van der Waals surface area contributed by atoms with Crippen LogP contribution in [-0.4, -0.2) is 62.3 Å². The number of anilines is 2. The fraction of sp³-hybridized carbons (Fsp3) is 0.261. The normalized spacial score (nSPS) is 13.8. The Morgan fingerprint density at radius 1 is 1.12 bits per heavy atom. The first kappa shape index (κ1) is 23.3. The maximum Gasteiger partial charge on any atom is 0.280 e. The van der Waals surface area contributed by atoms with Gasteiger partial charge in [0.15, 0.2) is 0 Å². The summed E-state index contributed by atoms with van der Waals surface area (Å²) in [5.74, 6) is -0.780. The standard InChI is InChI=1S/C23H22Cl2N4O4/c1-28(32-2)23(31)15-13-26-20-14(21(15)29-9-11-33-12-10-29)5-3-8-18(20)27-22(30)19-16(24)6-4-7-17(19)25/h3-8,13H,9-12H2,1-2H3,(H,27,30). The van der Waals surface area contributed by atoms with Crippen molar-refractivity contribution < 1.29 is 19.2 Å². The summed E-state index contributed by atoms with van der Waals surface area (Å²) in [5.41, 5.74) is 2.30. The number of carbonyl (C=O) groups excluding carboxylic acids is 2. The Kier molecular flexibility index (Phi) is 6.99. The molecule has 172 valence electrons. The number of fused-ring (bicyclic) bond motifs is 1. The van der Waals surface area contributed by atoms with Gasteiger partial charge in [-0.25, -0.2) is 5.06 Å². The Hall–Kier alpha value is -2.91. The summed E-state index contributed by atoms with van der Waals surface area (Å²) in [7, 11) is 2.97. The molecule has 2 amide bonds. The maximum atomic E-state index is 13.0. The SMILES string of the molecule is CON(C)C(=O)c1cnc2c(NC(=O)c3c(Cl)cccc3Cl)cccc2c1N1CCOCC1. The number of nitrogens with one attached hydrogen (secondary N) is 1. The van der Waals surface area contributed by atoms with Crippen molar-refractivity contribution in [2.24, 2.45) is 0 Å². The monoisotopic (exact) mass is 488 g/mol. The van der Waals surface area contributed by atoms with E-state index in [0.717, 1.165) is 10.4 Å². The van der Waals surface area contributed by atoms with Crippen LogP contribution in [0.5, 0.6) is 0 Å². The van der Waals surface area contributed by atoms with Crippen molar-refractivity contribution >= 4 is 57.3 Å². The lowest BCUT2D eigenvalue weighted by Gasteiger charge is -2.32. The molecule has 33 heavy (non-hydrogen) atoms. The number of halogens is 2. The molecule has 1 aliphatic rings. The molecule has 1 saturated heterocycles. The molecule has 0 aliphatic carbocycles. The largest absolute Gasteiger partial charge is 0.378 e. The van der Waals surface area contributed by atoms with Crippen LogP contribution in [0.15, 0.2) is 42.6 Å². The van der Waals surface area contributed by atoms with Crippen LogP contribution in [0.3, 0.4) is 0 Å². The van der Waals surface area contributed by atoms with E-state index in [-0.39, 0.29) is 21.5 Å². The molecule has 2 aromatic carbocycles. The lowest BCUT2D eigenvalue weighted by molar-refractivity contribution is -0.0756. The summed E-state index contributed by atoms with van der Waals surface area (Å²) < 4.78 is 5.49. The highest BCUT2D eigenvalue weighted by Gasteiger charge is 2.25. The van der Waals surface area contributed by atoms with Gasteiger partial charge in [0.05, 0.1) is 58.4 Å². The molecule has 2 heterocycles. The highest BCUT2D eigenvalue weighted by atomic mass is 35.5. The van der Waals surface area contributed by atoms with Crippen molar-refractivity contribution in [3.05, 3.63) is 63.8 Å². The van der Waals surface area contributed by atoms with E-state index in [0.29, 0.717) is 48.8 Å². The highest BCUT2D eigenvalue weighted by Crippen LogP contribution is 2.35. The second-order valence-corrected chi connectivity index (χ2v) is 8.17. The van der Waals surface area contributed by atoms with Crippen molar-refractivity contribution in [3.63, 3.8) is 0 Å². The smallest absolute Gasteiger partial charge is 0.280 e. The molecule has 1 aliphatic heterocycles. The van der Waals surface area contributed by atoms with E-state index in [2.05, 4.69) is 15.2 Å². The minimum Gasteiger partial charge on any atom is -0.378 e. The Labute approximate surface area is 200 Å². The third-order valence-electron chi connectivity index (χ3n) is 5.42. The molecule has 3 aromatic rings. The summed E-state index contributed by atoms with van der Waals surface area (Å²) >= 11 is 12.4. The third kappa shape index (κ3) is 4.60. The molecule has 1 fully saturated rings. The molecule has 0 radical (unpaired) electrons. The minimum absolute atomic E-state index is 0.180. The Balaban J connectivity index is 1.82. The highest BCUT2D eigenvalue weighted by molar-refractivity contribution is 6.40. The van der Waals surface area contributed by atoms with Crippen LogP contribution in [-0.2, 0) is 9.57 Å². The molecule has 4 rings (SSSR count). The van der Waals surface area contributed by atoms with Crippen LogP contribution in [0.1, 0.15) is 20.7 Å². The summed E-state index contributed by atoms with van der Waals surface area (Å²) in [6.45, 7) is 2.31. The second-order valence-electron chi connectivity index (χ2n) is 7.36. The second kappa shape index (κ2) is 9.93. The first-order valence-corrected chi connectivity index (χ1v) is 11.0. The van der Waals surface area contributed by atoms with Gasteiger partial charge >= 0.3 is 0 Å². The van der Waals surface area contributed by atoms with Gasteiger partial charge in [-0.3, -0.25) is 19.4 Å². The van der Waals surface area contributed by atoms with Crippen molar-refractivity contribution in [1.82, 2.24) is 10.0 Å². The third-order valence-corrected chi connectivity index (χ3v) is 6.05. The van der Waals surface area contributed by atoms with Gasteiger partial charge in [0.2, 0.25) is 0 Å². The molecule has 1 aromatic heterocycles. The number of carbonyl (C=O) groups is 2. The predicted molar refractivity (Wildman–Crippen MR) is 128 cm³/mol. The summed E-state index contributed by atoms with van der Waals surface area (Å²) in [6.07, 6.45) is 1.50. The molecule has 1 N–H and O–H groups in total. The van der Waals surface area contributed by atoms with Gasteiger partial charge in [-0.15, -0.1) is 0 Å². The first-order chi connectivity index (χ1) is 15.9. The van der Waals surface area contributed by atoms with Gasteiger partial charge in [0.25, 0.3) is 11.8 Å². The fourth-order valence-electron chi connectivity index (χ4n) is 3.75. The van der Waals surface area contributed by atoms with Crippen molar-refractivity contribution in [3.8, 4) is 0 Å². The molecule has 0 bridgehead atoms. The van der Waals surface area contributed by atoms with Crippen molar-refractivity contribution in [1.29, 1.82) is 0 Å². The molecule has 10 heteroatoms. The number of aromatic nitrogens is 1. The zero-order valence-electron chi connectivity index (χ0n) is 18.1. The summed E-state index contributed by atoms with van der Waals surface area (Å²) in [6, 6.07) is 10.3. The zero-order valence-corrected chi connectivity index (χ0v) is 19.6. The molecule has 8 nitrogen and oxygen atoms in total. The van der Waals surface area contributed by atoms with Crippen LogP contribution >= 0.6 is 23.2 Å². The molecular weight excluding hydrogens is 467 g/mol. The van der Waals surface area contributed by atoms with E-state index in [1.54, 1.807) is 37.4 Å². The van der Waals surface area contributed by atoms with Gasteiger partial charge in [-0.05, 0) is 18.2 Å². The first-order valence-electron chi connectivity index (χ1n) is 10.2. The number of para-hydroxylation sites is 1. The van der Waals surface area contributed by atoms with E-state index < -0.39 is 5.91 Å². The minimum atomic E-state index is -0.452. The van der Waals surface area contributed by atoms with Gasteiger partial charge in [0.1, 0.15) is 0 Å². The lowest BCUT2D eigenvalue weighted by atomic mass is 10.1. The summed E-state index contributed by atoms with van der Waals surface area (Å²) in [4.78, 5) is 37.7. The summed E-state index contributed by atoms with van der Waals surface area (Å²) in [5, 5.41) is 5.23. The van der Waals surface area contributed by atoms with Gasteiger partial charge in [0, 0.05) is 31.7 Å². The van der Waals surface area contributed by atoms with Crippen LogP contribution in [0, 0.1) is 0 Å². The topological polar surface area (TPSA) is 84.0 Å². The van der Waals surface area contributed by atoms with E-state index >= 15 is 0 Å². The number of amides is 2. The zero-order chi connectivity index (χ0) is 23.5. The number of hydrogen-bond acceptors (Lipinski definition) is 6. The Morgan fingerprint density at radius 2 is 1.79 bits per heavy atom. The van der Waals surface area contributed by atoms with E-state index in [1.807, 2.05) is 6.07 Å². The predicted octanol–water partition coefficient (Wildman–Crippen LogP) is 4.26. The van der Waals surface area contributed by atoms with Crippen LogP contribution in [0.4, 0.5) is 11.4 Å². The number of ether oxygens (including phenoxy) is 1. The van der Waals surface area contributed by atoms with Crippen LogP contribution in [0.2, 0.25) is 10.0 Å². The van der Waals surface area contributed by atoms with Crippen molar-refractivity contribution in [2.45, 2.75) is 0 Å². The van der Waals surface area contributed by atoms with Gasteiger partial charge in [-0.2, -0.15) is 0 Å². The molecule has 0 atom stereocenters. The number of hydroxylamine groups is 2. The van der Waals surface area contributed by atoms with E-state index in [9.17, 15) is 9.59 Å². The average Bonchev–Trinajstić information content (AvgIpc) is 2.83. The lowest BCUT2D eigenvalue weighted by Crippen LogP contribution is -2.38. The van der Waals surface area contributed by atoms with Gasteiger partial charge in [-0.1, -0.05) is 41.4 Å². The number of pyridine rings is 1. The number of benzene rings is 2. The van der Waals surface area contributed by atoms with E-state index in [4.69, 9.17) is 32.8 Å². The number of morpholine rings is 1. The quantitative estimate of drug-likeness (QED) is 0.540. The average molecular weight is 489 g/mol. The van der Waals surface area contributed by atoms with Crippen LogP contribution in [0.25, 0.3) is 10.9 Å². The van der Waals surface area contributed by atoms with Gasteiger partial charge < -0.3 is 15.0 Å². The number of rotatable bonds is 5. The fourth-order valence-corrected chi connectivity index (χ4v) is 4.32. The Bertz CT molecular complexity index is 1190.